The Morgan fingerprint density at radius 3 is 2.70 bits per heavy atom. The lowest BCUT2D eigenvalue weighted by Crippen LogP contribution is -2.34. The van der Waals surface area contributed by atoms with Crippen molar-refractivity contribution in [3.8, 4) is 5.75 Å². The van der Waals surface area contributed by atoms with E-state index in [1.165, 1.54) is 4.90 Å². The average Bonchev–Trinajstić information content (AvgIpc) is 2.83. The molecule has 0 aromatic heterocycles. The number of nitrogens with one attached hydrogen (secondary N) is 1. The molecule has 2 amide bonds. The molecular weight excluding hydrogens is 360 g/mol. The number of hydrogen-bond acceptors (Lipinski definition) is 4. The molecule has 1 aliphatic rings. The van der Waals surface area contributed by atoms with Crippen molar-refractivity contribution in [2.24, 2.45) is 0 Å². The van der Waals surface area contributed by atoms with Gasteiger partial charge in [0.2, 0.25) is 5.91 Å². The van der Waals surface area contributed by atoms with Crippen LogP contribution in [0.3, 0.4) is 0 Å². The van der Waals surface area contributed by atoms with E-state index in [9.17, 15) is 9.59 Å². The Balaban J connectivity index is 1.84. The van der Waals surface area contributed by atoms with E-state index in [-0.39, 0.29) is 18.2 Å². The first-order valence-corrected chi connectivity index (χ1v) is 7.91. The largest absolute Gasteiger partial charge is 0.497 e. The molecule has 2 aromatic carbocycles. The van der Waals surface area contributed by atoms with Crippen LogP contribution in [0.5, 0.6) is 5.75 Å². The number of carbonyl (C=O) groups excluding carboxylic acids is 2. The number of anilines is 2. The molecule has 2 aromatic rings. The zero-order valence-electron chi connectivity index (χ0n) is 12.5. The van der Waals surface area contributed by atoms with Gasteiger partial charge >= 0.3 is 0 Å². The number of hydrogen-bond donors (Lipinski definition) is 1. The molecule has 0 bridgehead atoms. The predicted octanol–water partition coefficient (Wildman–Crippen LogP) is 3.20. The molecule has 23 heavy (non-hydrogen) atoms. The van der Waals surface area contributed by atoms with Crippen LogP contribution in [0.2, 0.25) is 0 Å². The molecule has 5 nitrogen and oxygen atoms in total. The summed E-state index contributed by atoms with van der Waals surface area (Å²) in [7, 11) is 1.55. The van der Waals surface area contributed by atoms with E-state index >= 15 is 0 Å². The lowest BCUT2D eigenvalue weighted by Gasteiger charge is -2.17. The second-order valence-corrected chi connectivity index (χ2v) is 6.00. The molecule has 0 spiro atoms. The molecule has 1 heterocycles. The topological polar surface area (TPSA) is 58.6 Å². The summed E-state index contributed by atoms with van der Waals surface area (Å²) in [5, 5.41) is 3.13. The Kier molecular flexibility index (Phi) is 4.34. The van der Waals surface area contributed by atoms with Crippen LogP contribution in [0, 0.1) is 0 Å². The van der Waals surface area contributed by atoms with Gasteiger partial charge in [0, 0.05) is 16.2 Å². The number of amides is 2. The molecule has 3 rings (SSSR count). The van der Waals surface area contributed by atoms with Crippen LogP contribution in [0.15, 0.2) is 53.0 Å². The first-order chi connectivity index (χ1) is 11.1. The van der Waals surface area contributed by atoms with Crippen molar-refractivity contribution >= 4 is 39.1 Å². The minimum absolute atomic E-state index is 0.122. The van der Waals surface area contributed by atoms with Crippen molar-refractivity contribution in [1.29, 1.82) is 0 Å². The zero-order valence-corrected chi connectivity index (χ0v) is 14.0. The van der Waals surface area contributed by atoms with Crippen LogP contribution in [0.25, 0.3) is 0 Å². The van der Waals surface area contributed by atoms with Gasteiger partial charge in [0.15, 0.2) is 0 Å². The molecule has 1 fully saturated rings. The van der Waals surface area contributed by atoms with Gasteiger partial charge in [0.1, 0.15) is 11.8 Å². The van der Waals surface area contributed by atoms with E-state index in [4.69, 9.17) is 4.74 Å². The summed E-state index contributed by atoms with van der Waals surface area (Å²) in [5.74, 6) is 0.108. The Labute approximate surface area is 142 Å². The number of benzene rings is 2. The van der Waals surface area contributed by atoms with Gasteiger partial charge < -0.3 is 10.1 Å². The fraction of sp³-hybridized carbons (Fsp3) is 0.176. The quantitative estimate of drug-likeness (QED) is 0.834. The van der Waals surface area contributed by atoms with Crippen molar-refractivity contribution in [3.05, 3.63) is 53.0 Å². The van der Waals surface area contributed by atoms with Crippen molar-refractivity contribution in [1.82, 2.24) is 0 Å². The van der Waals surface area contributed by atoms with Gasteiger partial charge in [0.25, 0.3) is 5.91 Å². The smallest absolute Gasteiger partial charge is 0.256 e. The molecule has 0 aliphatic carbocycles. The number of carbonyl (C=O) groups is 2. The minimum Gasteiger partial charge on any atom is -0.497 e. The predicted molar refractivity (Wildman–Crippen MR) is 91.7 cm³/mol. The van der Waals surface area contributed by atoms with Gasteiger partial charge in [-0.2, -0.15) is 0 Å². The molecule has 6 heteroatoms. The van der Waals surface area contributed by atoms with Crippen LogP contribution >= 0.6 is 15.9 Å². The first kappa shape index (κ1) is 15.6. The summed E-state index contributed by atoms with van der Waals surface area (Å²) in [4.78, 5) is 26.1. The molecule has 0 saturated carbocycles. The highest BCUT2D eigenvalue weighted by molar-refractivity contribution is 9.10. The Morgan fingerprint density at radius 1 is 1.17 bits per heavy atom. The molecule has 1 aliphatic heterocycles. The summed E-state index contributed by atoms with van der Waals surface area (Å²) in [6.45, 7) is 0. The fourth-order valence-corrected chi connectivity index (χ4v) is 2.93. The van der Waals surface area contributed by atoms with E-state index in [0.29, 0.717) is 11.4 Å². The zero-order chi connectivity index (χ0) is 16.4. The van der Waals surface area contributed by atoms with E-state index < -0.39 is 6.04 Å². The molecular formula is C17H15BrN2O3. The summed E-state index contributed by atoms with van der Waals surface area (Å²) in [6, 6.07) is 13.8. The first-order valence-electron chi connectivity index (χ1n) is 7.12. The third-order valence-corrected chi connectivity index (χ3v) is 4.35. The molecule has 1 atom stereocenters. The maximum atomic E-state index is 12.6. The van der Waals surface area contributed by atoms with Gasteiger partial charge in [-0.3, -0.25) is 9.59 Å². The van der Waals surface area contributed by atoms with E-state index in [0.717, 1.165) is 10.2 Å². The van der Waals surface area contributed by atoms with Crippen LogP contribution in [-0.4, -0.2) is 25.0 Å². The number of rotatable bonds is 4. The lowest BCUT2D eigenvalue weighted by atomic mass is 10.2. The monoisotopic (exact) mass is 374 g/mol. The maximum Gasteiger partial charge on any atom is 0.256 e. The van der Waals surface area contributed by atoms with Crippen molar-refractivity contribution in [2.45, 2.75) is 12.5 Å². The van der Waals surface area contributed by atoms with Crippen LogP contribution in [0.4, 0.5) is 11.4 Å². The number of imide groups is 1. The number of ether oxygens (including phenoxy) is 1. The normalized spacial score (nSPS) is 17.5. The van der Waals surface area contributed by atoms with Crippen LogP contribution in [-0.2, 0) is 9.59 Å². The van der Waals surface area contributed by atoms with Crippen molar-refractivity contribution < 1.29 is 14.3 Å². The Morgan fingerprint density at radius 2 is 1.96 bits per heavy atom. The maximum absolute atomic E-state index is 12.6. The molecule has 0 radical (unpaired) electrons. The van der Waals surface area contributed by atoms with Gasteiger partial charge in [-0.25, -0.2) is 4.90 Å². The summed E-state index contributed by atoms with van der Waals surface area (Å²) < 4.78 is 6.00. The standard InChI is InChI=1S/C17H15BrN2O3/c1-23-12-6-4-5-11(9-12)20-16(21)10-15(17(20)22)19-14-8-3-2-7-13(14)18/h2-9,15,19H,10H2,1H3. The molecule has 1 N–H and O–H groups in total. The third kappa shape index (κ3) is 3.07. The highest BCUT2D eigenvalue weighted by atomic mass is 79.9. The summed E-state index contributed by atoms with van der Waals surface area (Å²) in [6.07, 6.45) is 0.122. The van der Waals surface area contributed by atoms with Crippen molar-refractivity contribution in [2.75, 3.05) is 17.3 Å². The van der Waals surface area contributed by atoms with Crippen molar-refractivity contribution in [3.63, 3.8) is 0 Å². The lowest BCUT2D eigenvalue weighted by molar-refractivity contribution is -0.121. The van der Waals surface area contributed by atoms with E-state index in [2.05, 4.69) is 21.2 Å². The number of halogens is 1. The van der Waals surface area contributed by atoms with Crippen LogP contribution < -0.4 is 15.0 Å². The highest BCUT2D eigenvalue weighted by Crippen LogP contribution is 2.29. The Hall–Kier alpha value is -2.34. The molecule has 1 unspecified atom stereocenters. The number of methoxy groups -OCH3 is 1. The van der Waals surface area contributed by atoms with Gasteiger partial charge in [-0.15, -0.1) is 0 Å². The minimum atomic E-state index is -0.576. The van der Waals surface area contributed by atoms with E-state index in [1.54, 1.807) is 31.4 Å². The van der Waals surface area contributed by atoms with Gasteiger partial charge in [0.05, 0.1) is 19.2 Å². The third-order valence-electron chi connectivity index (χ3n) is 3.66. The Bertz CT molecular complexity index is 763. The second-order valence-electron chi connectivity index (χ2n) is 5.15. The SMILES string of the molecule is COc1cccc(N2C(=O)CC(Nc3ccccc3Br)C2=O)c1. The highest BCUT2D eigenvalue weighted by Gasteiger charge is 2.39. The second kappa shape index (κ2) is 6.42. The molecule has 1 saturated heterocycles. The number of para-hydroxylation sites is 1. The van der Waals surface area contributed by atoms with Crippen LogP contribution in [0.1, 0.15) is 6.42 Å². The van der Waals surface area contributed by atoms with E-state index in [1.807, 2.05) is 24.3 Å². The summed E-state index contributed by atoms with van der Waals surface area (Å²) >= 11 is 3.43. The van der Waals surface area contributed by atoms with Gasteiger partial charge in [-0.1, -0.05) is 18.2 Å². The fourth-order valence-electron chi connectivity index (χ4n) is 2.53. The van der Waals surface area contributed by atoms with Gasteiger partial charge in [-0.05, 0) is 40.2 Å². The summed E-state index contributed by atoms with van der Waals surface area (Å²) in [5.41, 5.74) is 1.31. The molecule has 118 valence electrons. The average molecular weight is 375 g/mol. The number of nitrogens with zero attached hydrogens (tertiary/aromatic N) is 1.